The molecule has 0 bridgehead atoms. The number of benzene rings is 1. The first-order valence-corrected chi connectivity index (χ1v) is 10.2. The Balaban J connectivity index is 2.63. The van der Waals surface area contributed by atoms with Gasteiger partial charge in [0.05, 0.1) is 19.9 Å². The van der Waals surface area contributed by atoms with E-state index in [0.717, 1.165) is 0 Å². The van der Waals surface area contributed by atoms with E-state index >= 15 is 0 Å². The highest BCUT2D eigenvalue weighted by atomic mass is 79.9. The van der Waals surface area contributed by atoms with Crippen molar-refractivity contribution < 1.29 is 13.2 Å². The summed E-state index contributed by atoms with van der Waals surface area (Å²) in [4.78, 5) is 11.8. The maximum Gasteiger partial charge on any atom is 0.282 e. The molecule has 2 rings (SSSR count). The minimum Gasteiger partial charge on any atom is -0.292 e. The Labute approximate surface area is 154 Å². The molecule has 1 aliphatic rings. The fourth-order valence-electron chi connectivity index (χ4n) is 1.95. The van der Waals surface area contributed by atoms with E-state index in [1.54, 1.807) is 32.0 Å². The van der Waals surface area contributed by atoms with Gasteiger partial charge >= 0.3 is 0 Å². The topological polar surface area (TPSA) is 63.6 Å². The maximum absolute atomic E-state index is 12.4. The summed E-state index contributed by atoms with van der Waals surface area (Å²) in [7, 11) is -3.85. The summed E-state index contributed by atoms with van der Waals surface area (Å²) in [5, 5.41) is 0. The van der Waals surface area contributed by atoms with Crippen LogP contribution in [0.25, 0.3) is 0 Å². The molecule has 118 valence electrons. The van der Waals surface area contributed by atoms with Crippen molar-refractivity contribution in [3.8, 4) is 0 Å². The molecule has 1 aromatic rings. The Morgan fingerprint density at radius 3 is 2.32 bits per heavy atom. The van der Waals surface area contributed by atoms with Gasteiger partial charge in [0.1, 0.15) is 4.32 Å². The molecule has 0 aromatic heterocycles. The lowest BCUT2D eigenvalue weighted by Gasteiger charge is -2.33. The van der Waals surface area contributed by atoms with Gasteiger partial charge in [0.25, 0.3) is 10.0 Å². The second kappa shape index (κ2) is 6.30. The highest BCUT2D eigenvalue weighted by molar-refractivity contribution is 9.13. The molecule has 0 aliphatic heterocycles. The molecule has 0 spiro atoms. The molecular weight excluding hydrogens is 502 g/mol. The number of rotatable bonds is 2. The molecule has 8 heteroatoms. The quantitative estimate of drug-likeness (QED) is 0.562. The summed E-state index contributed by atoms with van der Waals surface area (Å²) >= 11 is 9.98. The van der Waals surface area contributed by atoms with Crippen molar-refractivity contribution in [3.63, 3.8) is 0 Å². The van der Waals surface area contributed by atoms with Crippen LogP contribution in [-0.2, 0) is 14.8 Å². The van der Waals surface area contributed by atoms with Crippen LogP contribution in [0.4, 0.5) is 0 Å². The van der Waals surface area contributed by atoms with Crippen LogP contribution in [0.1, 0.15) is 13.8 Å². The number of nitrogens with zero attached hydrogens (tertiary/aromatic N) is 1. The number of hydrogen-bond donors (Lipinski definition) is 0. The van der Waals surface area contributed by atoms with Crippen LogP contribution in [0, 0.1) is 0 Å². The highest BCUT2D eigenvalue weighted by Crippen LogP contribution is 2.41. The maximum atomic E-state index is 12.4. The minimum atomic E-state index is -3.85. The van der Waals surface area contributed by atoms with Gasteiger partial charge in [-0.05, 0) is 47.5 Å². The smallest absolute Gasteiger partial charge is 0.282 e. The number of alkyl halides is 2. The number of Topliss-reactive ketones (excluding diaryl/α,β-unsaturated/α-hetero) is 1. The van der Waals surface area contributed by atoms with Crippen molar-refractivity contribution in [2.24, 2.45) is 4.40 Å². The molecule has 0 unspecified atom stereocenters. The van der Waals surface area contributed by atoms with Crippen molar-refractivity contribution in [1.82, 2.24) is 0 Å². The number of ketones is 1. The standard InChI is InChI=1S/C14H12Br3NO3S/c1-8-10(15)13(19)14(2,17)12(16)11(8)18-22(20,21)9-6-4-3-5-7-9/h3-7,12H,1-2H3/t12-,14+/m0/s1. The summed E-state index contributed by atoms with van der Waals surface area (Å²) in [5.41, 5.74) is 0.804. The Morgan fingerprint density at radius 2 is 1.77 bits per heavy atom. The van der Waals surface area contributed by atoms with Crippen molar-refractivity contribution in [3.05, 3.63) is 40.4 Å². The monoisotopic (exact) mass is 511 g/mol. The zero-order valence-electron chi connectivity index (χ0n) is 11.7. The van der Waals surface area contributed by atoms with Gasteiger partial charge in [-0.15, -0.1) is 0 Å². The highest BCUT2D eigenvalue weighted by Gasteiger charge is 2.47. The second-order valence-corrected chi connectivity index (χ2v) is 9.93. The predicted octanol–water partition coefficient (Wildman–Crippen LogP) is 3.99. The average Bonchev–Trinajstić information content (AvgIpc) is 2.49. The zero-order chi connectivity index (χ0) is 16.7. The van der Waals surface area contributed by atoms with Crippen LogP contribution in [-0.4, -0.2) is 29.1 Å². The molecule has 2 atom stereocenters. The van der Waals surface area contributed by atoms with Crippen molar-refractivity contribution in [2.75, 3.05) is 0 Å². The van der Waals surface area contributed by atoms with Crippen LogP contribution in [0.15, 0.2) is 49.7 Å². The van der Waals surface area contributed by atoms with E-state index in [0.29, 0.717) is 15.8 Å². The minimum absolute atomic E-state index is 0.110. The first kappa shape index (κ1) is 18.0. The van der Waals surface area contributed by atoms with E-state index in [4.69, 9.17) is 0 Å². The van der Waals surface area contributed by atoms with Crippen LogP contribution in [0.5, 0.6) is 0 Å². The van der Waals surface area contributed by atoms with Gasteiger partial charge in [-0.3, -0.25) is 4.79 Å². The van der Waals surface area contributed by atoms with E-state index in [2.05, 4.69) is 52.2 Å². The van der Waals surface area contributed by atoms with Gasteiger partial charge in [-0.25, -0.2) is 0 Å². The van der Waals surface area contributed by atoms with Crippen LogP contribution in [0.2, 0.25) is 0 Å². The number of hydrogen-bond acceptors (Lipinski definition) is 3. The third-order valence-electron chi connectivity index (χ3n) is 3.33. The van der Waals surface area contributed by atoms with Gasteiger partial charge in [-0.2, -0.15) is 12.8 Å². The molecule has 0 saturated carbocycles. The largest absolute Gasteiger partial charge is 0.292 e. The van der Waals surface area contributed by atoms with Gasteiger partial charge in [0.15, 0.2) is 5.78 Å². The lowest BCUT2D eigenvalue weighted by molar-refractivity contribution is -0.116. The fourth-order valence-corrected chi connectivity index (χ4v) is 5.14. The molecule has 4 nitrogen and oxygen atoms in total. The van der Waals surface area contributed by atoms with Gasteiger partial charge < -0.3 is 0 Å². The molecule has 22 heavy (non-hydrogen) atoms. The molecule has 1 aliphatic carbocycles. The molecule has 0 amide bonds. The number of sulfonamides is 1. The fraction of sp³-hybridized carbons (Fsp3) is 0.286. The number of allylic oxidation sites excluding steroid dienone is 2. The van der Waals surface area contributed by atoms with Crippen LogP contribution in [0.3, 0.4) is 0 Å². The third-order valence-corrected chi connectivity index (χ3v) is 8.37. The van der Waals surface area contributed by atoms with E-state index in [1.807, 2.05) is 0 Å². The van der Waals surface area contributed by atoms with E-state index in [-0.39, 0.29) is 10.7 Å². The molecular formula is C14H12Br3NO3S. The summed E-state index contributed by atoms with van der Waals surface area (Å²) in [6, 6.07) is 7.97. The van der Waals surface area contributed by atoms with Gasteiger partial charge in [0.2, 0.25) is 0 Å². The number of carbonyl (C=O) groups excluding carboxylic acids is 1. The van der Waals surface area contributed by atoms with Crippen LogP contribution < -0.4 is 0 Å². The summed E-state index contributed by atoms with van der Waals surface area (Å²) in [5.74, 6) is -0.164. The molecule has 0 fully saturated rings. The summed E-state index contributed by atoms with van der Waals surface area (Å²) < 4.78 is 28.2. The zero-order valence-corrected chi connectivity index (χ0v) is 17.3. The molecule has 0 heterocycles. The average molecular weight is 514 g/mol. The van der Waals surface area contributed by atoms with Gasteiger partial charge in [0, 0.05) is 0 Å². The van der Waals surface area contributed by atoms with Crippen molar-refractivity contribution >= 4 is 69.3 Å². The van der Waals surface area contributed by atoms with Crippen molar-refractivity contribution in [1.29, 1.82) is 0 Å². The second-order valence-electron chi connectivity index (χ2n) is 4.97. The lowest BCUT2D eigenvalue weighted by Crippen LogP contribution is -2.47. The van der Waals surface area contributed by atoms with Gasteiger partial charge in [-0.1, -0.05) is 50.1 Å². The first-order chi connectivity index (χ1) is 10.1. The third kappa shape index (κ3) is 3.16. The summed E-state index contributed by atoms with van der Waals surface area (Å²) in [6.07, 6.45) is 0. The van der Waals surface area contributed by atoms with Crippen LogP contribution >= 0.6 is 47.8 Å². The molecule has 0 saturated heterocycles. The summed E-state index contributed by atoms with van der Waals surface area (Å²) in [6.45, 7) is 3.34. The molecule has 0 N–H and O–H groups in total. The van der Waals surface area contributed by atoms with Crippen molar-refractivity contribution in [2.45, 2.75) is 27.9 Å². The van der Waals surface area contributed by atoms with E-state index in [9.17, 15) is 13.2 Å². The normalized spacial score (nSPS) is 28.3. The number of halogens is 3. The Bertz CT molecular complexity index is 783. The molecule has 1 aromatic carbocycles. The SMILES string of the molecule is CC1=C(Br)C(=O)[C@](C)(Br)[C@@H](Br)C1=NS(=O)(=O)c1ccccc1. The van der Waals surface area contributed by atoms with E-state index in [1.165, 1.54) is 12.1 Å². The Hall–Kier alpha value is -0.310. The lowest BCUT2D eigenvalue weighted by atomic mass is 9.88. The predicted molar refractivity (Wildman–Crippen MR) is 97.7 cm³/mol. The number of carbonyl (C=O) groups is 1. The Morgan fingerprint density at radius 1 is 1.23 bits per heavy atom. The van der Waals surface area contributed by atoms with E-state index < -0.39 is 19.2 Å². The Kier molecular flexibility index (Phi) is 5.16. The molecule has 0 radical (unpaired) electrons. The first-order valence-electron chi connectivity index (χ1n) is 6.23.